The van der Waals surface area contributed by atoms with E-state index in [9.17, 15) is 4.79 Å². The molecule has 0 bridgehead atoms. The van der Waals surface area contributed by atoms with Crippen LogP contribution in [0.25, 0.3) is 0 Å². The number of likely N-dealkylation sites (tertiary alicyclic amines) is 1. The summed E-state index contributed by atoms with van der Waals surface area (Å²) in [6.07, 6.45) is 4.25. The second kappa shape index (κ2) is 6.92. The average Bonchev–Trinajstić information content (AvgIpc) is 2.47. The molecule has 4 heteroatoms. The predicted octanol–water partition coefficient (Wildman–Crippen LogP) is 3.48. The Bertz CT molecular complexity index is 491. The van der Waals surface area contributed by atoms with E-state index in [1.54, 1.807) is 0 Å². The lowest BCUT2D eigenvalue weighted by Crippen LogP contribution is -2.47. The number of rotatable bonds is 4. The number of aromatic nitrogens is 1. The highest BCUT2D eigenvalue weighted by atomic mass is 16.2. The van der Waals surface area contributed by atoms with E-state index >= 15 is 0 Å². The fourth-order valence-electron chi connectivity index (χ4n) is 3.13. The van der Waals surface area contributed by atoms with Crippen molar-refractivity contribution in [3.8, 4) is 0 Å². The zero-order valence-electron chi connectivity index (χ0n) is 13.6. The largest absolute Gasteiger partial charge is 0.370 e. The van der Waals surface area contributed by atoms with Crippen LogP contribution >= 0.6 is 0 Å². The Morgan fingerprint density at radius 3 is 2.52 bits per heavy atom. The first kappa shape index (κ1) is 15.8. The number of hydrogen-bond acceptors (Lipinski definition) is 3. The summed E-state index contributed by atoms with van der Waals surface area (Å²) in [7, 11) is 0. The van der Waals surface area contributed by atoms with Crippen molar-refractivity contribution in [3.63, 3.8) is 0 Å². The molecule has 2 atom stereocenters. The molecule has 0 aliphatic carbocycles. The summed E-state index contributed by atoms with van der Waals surface area (Å²) >= 11 is 0. The summed E-state index contributed by atoms with van der Waals surface area (Å²) in [5, 5.41) is 3.22. The zero-order chi connectivity index (χ0) is 15.4. The second-order valence-electron chi connectivity index (χ2n) is 5.96. The van der Waals surface area contributed by atoms with E-state index in [4.69, 9.17) is 0 Å². The number of amides is 1. The number of nitrogens with zero attached hydrogens (tertiary/aromatic N) is 2. The number of hydrogen-bond donors (Lipinski definition) is 1. The van der Waals surface area contributed by atoms with Crippen molar-refractivity contribution in [2.45, 2.75) is 65.5 Å². The third-order valence-corrected chi connectivity index (χ3v) is 4.27. The third-order valence-electron chi connectivity index (χ3n) is 4.27. The number of carbonyl (C=O) groups excluding carboxylic acids is 1. The monoisotopic (exact) mass is 289 g/mol. The maximum atomic E-state index is 12.9. The Kier molecular flexibility index (Phi) is 5.21. The van der Waals surface area contributed by atoms with Crippen molar-refractivity contribution in [3.05, 3.63) is 23.4 Å². The molecule has 0 spiro atoms. The van der Waals surface area contributed by atoms with Crippen LogP contribution in [0.15, 0.2) is 12.1 Å². The smallest absolute Gasteiger partial charge is 0.254 e. The number of carbonyl (C=O) groups is 1. The molecular weight excluding hydrogens is 262 g/mol. The molecule has 1 aliphatic heterocycles. The van der Waals surface area contributed by atoms with E-state index in [2.05, 4.69) is 31.1 Å². The number of aryl methyl sites for hydroxylation is 1. The lowest BCUT2D eigenvalue weighted by atomic mass is 9.96. The van der Waals surface area contributed by atoms with Crippen LogP contribution < -0.4 is 5.32 Å². The molecule has 2 heterocycles. The van der Waals surface area contributed by atoms with Gasteiger partial charge in [-0.2, -0.15) is 0 Å². The van der Waals surface area contributed by atoms with E-state index in [1.165, 1.54) is 6.42 Å². The molecule has 116 valence electrons. The van der Waals surface area contributed by atoms with Gasteiger partial charge in [-0.15, -0.1) is 0 Å². The van der Waals surface area contributed by atoms with Crippen molar-refractivity contribution in [2.75, 3.05) is 11.9 Å². The maximum Gasteiger partial charge on any atom is 0.254 e. The van der Waals surface area contributed by atoms with E-state index < -0.39 is 0 Å². The van der Waals surface area contributed by atoms with Gasteiger partial charge in [0.15, 0.2) is 0 Å². The first-order valence-corrected chi connectivity index (χ1v) is 8.14. The Labute approximate surface area is 127 Å². The highest BCUT2D eigenvalue weighted by Crippen LogP contribution is 2.25. The van der Waals surface area contributed by atoms with Gasteiger partial charge in [0.25, 0.3) is 5.91 Å². The molecule has 1 fully saturated rings. The number of piperidine rings is 1. The van der Waals surface area contributed by atoms with Crippen molar-refractivity contribution in [2.24, 2.45) is 0 Å². The van der Waals surface area contributed by atoms with Crippen LogP contribution in [0.5, 0.6) is 0 Å². The fourth-order valence-corrected chi connectivity index (χ4v) is 3.13. The van der Waals surface area contributed by atoms with Crippen LogP contribution in [-0.2, 0) is 6.42 Å². The van der Waals surface area contributed by atoms with Gasteiger partial charge in [-0.1, -0.05) is 6.92 Å². The first-order chi connectivity index (χ1) is 10.1. The minimum Gasteiger partial charge on any atom is -0.370 e. The molecule has 1 aliphatic rings. The Hall–Kier alpha value is -1.58. The van der Waals surface area contributed by atoms with Crippen molar-refractivity contribution < 1.29 is 4.79 Å². The zero-order valence-corrected chi connectivity index (χ0v) is 13.6. The SMILES string of the molecule is CCNc1cc(C(=O)N2C(C)CCCC2C)cc(CC)n1. The van der Waals surface area contributed by atoms with Gasteiger partial charge in [-0.3, -0.25) is 4.79 Å². The number of nitrogens with one attached hydrogen (secondary N) is 1. The maximum absolute atomic E-state index is 12.9. The van der Waals surface area contributed by atoms with Crippen LogP contribution in [0, 0.1) is 0 Å². The minimum atomic E-state index is 0.144. The summed E-state index contributed by atoms with van der Waals surface area (Å²) in [6, 6.07) is 4.47. The molecule has 1 aromatic rings. The Balaban J connectivity index is 2.30. The van der Waals surface area contributed by atoms with Crippen LogP contribution in [0.2, 0.25) is 0 Å². The average molecular weight is 289 g/mol. The summed E-state index contributed by atoms with van der Waals surface area (Å²) in [5.74, 6) is 0.948. The fraction of sp³-hybridized carbons (Fsp3) is 0.647. The van der Waals surface area contributed by atoms with E-state index in [1.807, 2.05) is 24.0 Å². The molecule has 1 aromatic heterocycles. The molecular formula is C17H27N3O. The molecule has 1 amide bonds. The Morgan fingerprint density at radius 2 is 1.95 bits per heavy atom. The van der Waals surface area contributed by atoms with E-state index in [0.29, 0.717) is 12.1 Å². The van der Waals surface area contributed by atoms with Gasteiger partial charge in [-0.25, -0.2) is 4.98 Å². The van der Waals surface area contributed by atoms with Crippen LogP contribution in [0.4, 0.5) is 5.82 Å². The summed E-state index contributed by atoms with van der Waals surface area (Å²) in [5.41, 5.74) is 1.73. The first-order valence-electron chi connectivity index (χ1n) is 8.14. The molecule has 21 heavy (non-hydrogen) atoms. The highest BCUT2D eigenvalue weighted by molar-refractivity contribution is 5.95. The van der Waals surface area contributed by atoms with Crippen LogP contribution in [0.1, 0.15) is 63.0 Å². The van der Waals surface area contributed by atoms with Crippen molar-refractivity contribution >= 4 is 11.7 Å². The quantitative estimate of drug-likeness (QED) is 0.923. The summed E-state index contributed by atoms with van der Waals surface area (Å²) in [4.78, 5) is 19.5. The van der Waals surface area contributed by atoms with E-state index in [0.717, 1.165) is 42.9 Å². The molecule has 2 unspecified atom stereocenters. The van der Waals surface area contributed by atoms with E-state index in [-0.39, 0.29) is 5.91 Å². The van der Waals surface area contributed by atoms with Gasteiger partial charge < -0.3 is 10.2 Å². The molecule has 0 saturated carbocycles. The van der Waals surface area contributed by atoms with Gasteiger partial charge in [-0.05, 0) is 58.6 Å². The molecule has 2 rings (SSSR count). The van der Waals surface area contributed by atoms with Crippen LogP contribution in [0.3, 0.4) is 0 Å². The third kappa shape index (κ3) is 3.55. The highest BCUT2D eigenvalue weighted by Gasteiger charge is 2.29. The normalized spacial score (nSPS) is 22.2. The summed E-state index contributed by atoms with van der Waals surface area (Å²) < 4.78 is 0. The topological polar surface area (TPSA) is 45.2 Å². The number of pyridine rings is 1. The van der Waals surface area contributed by atoms with Crippen LogP contribution in [-0.4, -0.2) is 34.4 Å². The standard InChI is InChI=1S/C17H27N3O/c1-5-15-10-14(11-16(19-15)18-6-2)17(21)20-12(3)8-7-9-13(20)4/h10-13H,5-9H2,1-4H3,(H,18,19). The predicted molar refractivity (Wildman–Crippen MR) is 86.7 cm³/mol. The van der Waals surface area contributed by atoms with Gasteiger partial charge >= 0.3 is 0 Å². The van der Waals surface area contributed by atoms with Gasteiger partial charge in [0, 0.05) is 29.9 Å². The van der Waals surface area contributed by atoms with Gasteiger partial charge in [0.1, 0.15) is 5.82 Å². The molecule has 4 nitrogen and oxygen atoms in total. The molecule has 1 N–H and O–H groups in total. The van der Waals surface area contributed by atoms with Gasteiger partial charge in [0.05, 0.1) is 0 Å². The van der Waals surface area contributed by atoms with Gasteiger partial charge in [0.2, 0.25) is 0 Å². The lowest BCUT2D eigenvalue weighted by molar-refractivity contribution is 0.0510. The lowest BCUT2D eigenvalue weighted by Gasteiger charge is -2.39. The van der Waals surface area contributed by atoms with Crippen molar-refractivity contribution in [1.29, 1.82) is 0 Å². The van der Waals surface area contributed by atoms with Crippen molar-refractivity contribution in [1.82, 2.24) is 9.88 Å². The molecule has 0 aromatic carbocycles. The number of anilines is 1. The minimum absolute atomic E-state index is 0.144. The Morgan fingerprint density at radius 1 is 1.29 bits per heavy atom. The molecule has 0 radical (unpaired) electrons. The second-order valence-corrected chi connectivity index (χ2v) is 5.96. The summed E-state index contributed by atoms with van der Waals surface area (Å²) in [6.45, 7) is 9.22. The molecule has 1 saturated heterocycles.